The van der Waals surface area contributed by atoms with E-state index in [1.165, 1.54) is 11.3 Å². The van der Waals surface area contributed by atoms with E-state index in [0.717, 1.165) is 35.4 Å². The lowest BCUT2D eigenvalue weighted by Crippen LogP contribution is -2.03. The van der Waals surface area contributed by atoms with Gasteiger partial charge in [0, 0.05) is 30.0 Å². The first kappa shape index (κ1) is 12.4. The fourth-order valence-corrected chi connectivity index (χ4v) is 3.11. The Morgan fingerprint density at radius 2 is 2.14 bits per heavy atom. The van der Waals surface area contributed by atoms with E-state index < -0.39 is 0 Å². The maximum Gasteiger partial charge on any atom is 0.141 e. The molecule has 0 saturated carbocycles. The molecule has 21 heavy (non-hydrogen) atoms. The first-order valence-corrected chi connectivity index (χ1v) is 7.43. The summed E-state index contributed by atoms with van der Waals surface area (Å²) in [6.07, 6.45) is 4.78. The molecule has 0 bridgehead atoms. The van der Waals surface area contributed by atoms with Gasteiger partial charge in [0.2, 0.25) is 0 Å². The van der Waals surface area contributed by atoms with Crippen molar-refractivity contribution in [3.63, 3.8) is 0 Å². The summed E-state index contributed by atoms with van der Waals surface area (Å²) in [6.45, 7) is 5.41. The van der Waals surface area contributed by atoms with Crippen LogP contribution in [0.1, 0.15) is 25.5 Å². The summed E-state index contributed by atoms with van der Waals surface area (Å²) in [6, 6.07) is 9.01. The smallest absolute Gasteiger partial charge is 0.141 e. The monoisotopic (exact) mass is 278 g/mol. The van der Waals surface area contributed by atoms with Crippen LogP contribution in [0.3, 0.4) is 0 Å². The van der Waals surface area contributed by atoms with Crippen LogP contribution in [-0.4, -0.2) is 21.1 Å². The number of benzene rings is 1. The Kier molecular flexibility index (Phi) is 2.70. The lowest BCUT2D eigenvalue weighted by atomic mass is 10.1. The lowest BCUT2D eigenvalue weighted by molar-refractivity contribution is 0.624. The first-order chi connectivity index (χ1) is 10.2. The van der Waals surface area contributed by atoms with Gasteiger partial charge in [-0.15, -0.1) is 0 Å². The Hall–Kier alpha value is -2.36. The first-order valence-electron chi connectivity index (χ1n) is 7.43. The highest BCUT2D eigenvalue weighted by Gasteiger charge is 2.17. The standard InChI is InChI=1S/C17H18N4/c1-11(2)21-16-6-7-18-10-15(16)20-17(21)13-4-3-12-5-8-19-14(12)9-13/h3-4,6-7,9-11,19H,5,8H2,1-2H3. The van der Waals surface area contributed by atoms with Crippen molar-refractivity contribution in [2.24, 2.45) is 0 Å². The highest BCUT2D eigenvalue weighted by molar-refractivity contribution is 5.81. The molecule has 4 nitrogen and oxygen atoms in total. The van der Waals surface area contributed by atoms with E-state index in [1.54, 1.807) is 0 Å². The number of fused-ring (bicyclic) bond motifs is 2. The summed E-state index contributed by atoms with van der Waals surface area (Å²) in [5.41, 5.74) is 5.90. The highest BCUT2D eigenvalue weighted by atomic mass is 15.1. The molecule has 3 aromatic rings. The van der Waals surface area contributed by atoms with Gasteiger partial charge in [-0.05, 0) is 38.0 Å². The van der Waals surface area contributed by atoms with Gasteiger partial charge in [0.05, 0.1) is 11.7 Å². The second-order valence-electron chi connectivity index (χ2n) is 5.81. The third-order valence-corrected chi connectivity index (χ3v) is 4.09. The Morgan fingerprint density at radius 3 is 3.00 bits per heavy atom. The molecule has 2 aromatic heterocycles. The van der Waals surface area contributed by atoms with E-state index >= 15 is 0 Å². The quantitative estimate of drug-likeness (QED) is 0.778. The Morgan fingerprint density at radius 1 is 1.24 bits per heavy atom. The largest absolute Gasteiger partial charge is 0.384 e. The summed E-state index contributed by atoms with van der Waals surface area (Å²) in [5, 5.41) is 3.44. The van der Waals surface area contributed by atoms with Crippen LogP contribution in [0.5, 0.6) is 0 Å². The molecule has 0 spiro atoms. The van der Waals surface area contributed by atoms with E-state index in [9.17, 15) is 0 Å². The van der Waals surface area contributed by atoms with Crippen LogP contribution >= 0.6 is 0 Å². The average Bonchev–Trinajstić information content (AvgIpc) is 3.10. The van der Waals surface area contributed by atoms with Gasteiger partial charge in [-0.3, -0.25) is 4.98 Å². The van der Waals surface area contributed by atoms with Crippen LogP contribution in [0.2, 0.25) is 0 Å². The fourth-order valence-electron chi connectivity index (χ4n) is 3.11. The van der Waals surface area contributed by atoms with Crippen molar-refractivity contribution < 1.29 is 0 Å². The van der Waals surface area contributed by atoms with E-state index in [0.29, 0.717) is 6.04 Å². The fraction of sp³-hybridized carbons (Fsp3) is 0.294. The van der Waals surface area contributed by atoms with Crippen LogP contribution in [-0.2, 0) is 6.42 Å². The number of rotatable bonds is 2. The molecule has 0 amide bonds. The zero-order valence-corrected chi connectivity index (χ0v) is 12.3. The van der Waals surface area contributed by atoms with Crippen LogP contribution in [0.15, 0.2) is 36.7 Å². The third kappa shape index (κ3) is 1.90. The van der Waals surface area contributed by atoms with E-state index in [-0.39, 0.29) is 0 Å². The molecule has 0 saturated heterocycles. The molecule has 0 unspecified atom stereocenters. The molecular formula is C17H18N4. The Labute approximate surface area is 123 Å². The molecule has 0 aliphatic carbocycles. The second kappa shape index (κ2) is 4.58. The molecule has 3 heterocycles. The molecular weight excluding hydrogens is 260 g/mol. The van der Waals surface area contributed by atoms with E-state index in [2.05, 4.69) is 46.9 Å². The van der Waals surface area contributed by atoms with Crippen molar-refractivity contribution in [1.82, 2.24) is 14.5 Å². The van der Waals surface area contributed by atoms with Gasteiger partial charge in [0.1, 0.15) is 11.3 Å². The van der Waals surface area contributed by atoms with Gasteiger partial charge in [-0.25, -0.2) is 4.98 Å². The second-order valence-corrected chi connectivity index (χ2v) is 5.81. The van der Waals surface area contributed by atoms with E-state index in [4.69, 9.17) is 4.98 Å². The number of aromatic nitrogens is 3. The summed E-state index contributed by atoms with van der Waals surface area (Å²) in [4.78, 5) is 8.99. The molecule has 1 N–H and O–H groups in total. The molecule has 4 heteroatoms. The molecule has 0 radical (unpaired) electrons. The average molecular weight is 278 g/mol. The zero-order valence-electron chi connectivity index (χ0n) is 12.3. The van der Waals surface area contributed by atoms with Gasteiger partial charge in [-0.2, -0.15) is 0 Å². The zero-order chi connectivity index (χ0) is 14.4. The number of hydrogen-bond donors (Lipinski definition) is 1. The van der Waals surface area contributed by atoms with Gasteiger partial charge in [0.25, 0.3) is 0 Å². The molecule has 0 fully saturated rings. The normalized spacial score (nSPS) is 13.7. The molecule has 1 aliphatic rings. The van der Waals surface area contributed by atoms with Gasteiger partial charge in [-0.1, -0.05) is 12.1 Å². The lowest BCUT2D eigenvalue weighted by Gasteiger charge is -2.13. The van der Waals surface area contributed by atoms with Crippen molar-refractivity contribution in [2.75, 3.05) is 11.9 Å². The number of imidazole rings is 1. The minimum Gasteiger partial charge on any atom is -0.384 e. The van der Waals surface area contributed by atoms with Gasteiger partial charge < -0.3 is 9.88 Å². The van der Waals surface area contributed by atoms with Crippen molar-refractivity contribution in [1.29, 1.82) is 0 Å². The molecule has 1 aliphatic heterocycles. The van der Waals surface area contributed by atoms with Crippen molar-refractivity contribution in [2.45, 2.75) is 26.3 Å². The van der Waals surface area contributed by atoms with E-state index in [1.807, 2.05) is 18.5 Å². The third-order valence-electron chi connectivity index (χ3n) is 4.09. The van der Waals surface area contributed by atoms with Crippen molar-refractivity contribution in [3.05, 3.63) is 42.2 Å². The molecule has 106 valence electrons. The van der Waals surface area contributed by atoms with Crippen LogP contribution in [0.25, 0.3) is 22.4 Å². The maximum absolute atomic E-state index is 4.80. The molecule has 0 atom stereocenters. The van der Waals surface area contributed by atoms with Crippen molar-refractivity contribution >= 4 is 16.7 Å². The summed E-state index contributed by atoms with van der Waals surface area (Å²) < 4.78 is 2.29. The number of anilines is 1. The Bertz CT molecular complexity index is 817. The summed E-state index contributed by atoms with van der Waals surface area (Å²) >= 11 is 0. The summed E-state index contributed by atoms with van der Waals surface area (Å²) in [5.74, 6) is 1.02. The number of hydrogen-bond acceptors (Lipinski definition) is 3. The maximum atomic E-state index is 4.80. The van der Waals surface area contributed by atoms with Crippen LogP contribution < -0.4 is 5.32 Å². The number of nitrogens with zero attached hydrogens (tertiary/aromatic N) is 3. The minimum atomic E-state index is 0.355. The van der Waals surface area contributed by atoms with Crippen molar-refractivity contribution in [3.8, 4) is 11.4 Å². The van der Waals surface area contributed by atoms with Gasteiger partial charge in [0.15, 0.2) is 0 Å². The molecule has 4 rings (SSSR count). The predicted molar refractivity (Wildman–Crippen MR) is 85.5 cm³/mol. The Balaban J connectivity index is 1.95. The predicted octanol–water partition coefficient (Wildman–Crippen LogP) is 3.65. The topological polar surface area (TPSA) is 42.7 Å². The number of pyridine rings is 1. The van der Waals surface area contributed by atoms with Crippen LogP contribution in [0, 0.1) is 0 Å². The highest BCUT2D eigenvalue weighted by Crippen LogP contribution is 2.32. The molecule has 1 aromatic carbocycles. The van der Waals surface area contributed by atoms with Crippen LogP contribution in [0.4, 0.5) is 5.69 Å². The minimum absolute atomic E-state index is 0.355. The SMILES string of the molecule is CC(C)n1c(-c2ccc3c(c2)NCC3)nc2cnccc21. The van der Waals surface area contributed by atoms with Gasteiger partial charge >= 0.3 is 0 Å². The number of nitrogens with one attached hydrogen (secondary N) is 1. The summed E-state index contributed by atoms with van der Waals surface area (Å²) in [7, 11) is 0.